The predicted octanol–water partition coefficient (Wildman–Crippen LogP) is 2.63. The maximum atomic E-state index is 12.6. The van der Waals surface area contributed by atoms with Crippen LogP contribution in [-0.2, 0) is 16.0 Å². The number of carbonyl (C=O) groups is 2. The average Bonchev–Trinajstić information content (AvgIpc) is 2.65. The van der Waals surface area contributed by atoms with Crippen molar-refractivity contribution < 1.29 is 24.0 Å². The summed E-state index contributed by atoms with van der Waals surface area (Å²) in [7, 11) is 3.01. The molecule has 3 rings (SSSR count). The first-order chi connectivity index (χ1) is 12.9. The van der Waals surface area contributed by atoms with Crippen LogP contribution in [0.25, 0.3) is 0 Å². The molecule has 1 aliphatic rings. The van der Waals surface area contributed by atoms with E-state index in [-0.39, 0.29) is 18.0 Å². The number of hydrogen-bond acceptors (Lipinski definition) is 6. The molecular weight excluding hydrogens is 352 g/mol. The molecule has 2 amide bonds. The molecule has 0 saturated heterocycles. The van der Waals surface area contributed by atoms with E-state index < -0.39 is 16.9 Å². The fourth-order valence-electron chi connectivity index (χ4n) is 3.34. The highest BCUT2D eigenvalue weighted by molar-refractivity contribution is 5.97. The SMILES string of the molecule is COc1cc2c(cc1OC)C(c1ccc([N+](=O)[O-])cc1)N(C(C)=O)C(=O)C2. The van der Waals surface area contributed by atoms with Gasteiger partial charge in [0.25, 0.3) is 5.69 Å². The summed E-state index contributed by atoms with van der Waals surface area (Å²) in [5.74, 6) is 0.221. The Labute approximate surface area is 155 Å². The lowest BCUT2D eigenvalue weighted by atomic mass is 9.87. The highest BCUT2D eigenvalue weighted by Gasteiger charge is 2.37. The Balaban J connectivity index is 2.20. The van der Waals surface area contributed by atoms with Crippen LogP contribution in [0.3, 0.4) is 0 Å². The number of benzene rings is 2. The summed E-state index contributed by atoms with van der Waals surface area (Å²) in [4.78, 5) is 36.4. The Morgan fingerprint density at radius 3 is 2.26 bits per heavy atom. The van der Waals surface area contributed by atoms with Crippen LogP contribution in [0.1, 0.15) is 29.7 Å². The van der Waals surface area contributed by atoms with E-state index in [0.29, 0.717) is 17.1 Å². The first kappa shape index (κ1) is 18.4. The molecule has 0 aliphatic carbocycles. The van der Waals surface area contributed by atoms with E-state index in [1.54, 1.807) is 24.3 Å². The fraction of sp³-hybridized carbons (Fsp3) is 0.263. The molecule has 0 radical (unpaired) electrons. The molecule has 0 saturated carbocycles. The normalized spacial score (nSPS) is 15.9. The summed E-state index contributed by atoms with van der Waals surface area (Å²) < 4.78 is 10.7. The molecule has 8 nitrogen and oxygen atoms in total. The van der Waals surface area contributed by atoms with Gasteiger partial charge < -0.3 is 9.47 Å². The molecular formula is C19H18N2O6. The van der Waals surface area contributed by atoms with Gasteiger partial charge in [0.05, 0.1) is 31.6 Å². The molecule has 0 spiro atoms. The molecule has 1 unspecified atom stereocenters. The summed E-state index contributed by atoms with van der Waals surface area (Å²) in [6, 6.07) is 8.58. The third-order valence-electron chi connectivity index (χ3n) is 4.57. The quantitative estimate of drug-likeness (QED) is 0.606. The molecule has 27 heavy (non-hydrogen) atoms. The summed E-state index contributed by atoms with van der Waals surface area (Å²) in [6.45, 7) is 1.32. The summed E-state index contributed by atoms with van der Waals surface area (Å²) in [5.41, 5.74) is 1.97. The lowest BCUT2D eigenvalue weighted by molar-refractivity contribution is -0.384. The first-order valence-electron chi connectivity index (χ1n) is 8.19. The van der Waals surface area contributed by atoms with E-state index in [2.05, 4.69) is 0 Å². The highest BCUT2D eigenvalue weighted by Crippen LogP contribution is 2.41. The average molecular weight is 370 g/mol. The third kappa shape index (κ3) is 3.21. The second-order valence-electron chi connectivity index (χ2n) is 6.12. The number of hydrogen-bond donors (Lipinski definition) is 0. The van der Waals surface area contributed by atoms with Crippen LogP contribution < -0.4 is 9.47 Å². The molecule has 2 aromatic carbocycles. The number of nitrogens with zero attached hydrogens (tertiary/aromatic N) is 2. The lowest BCUT2D eigenvalue weighted by Crippen LogP contribution is -2.43. The number of nitro groups is 1. The van der Waals surface area contributed by atoms with Crippen LogP contribution in [0.15, 0.2) is 36.4 Å². The number of rotatable bonds is 4. The van der Waals surface area contributed by atoms with Crippen molar-refractivity contribution >= 4 is 17.5 Å². The molecule has 140 valence electrons. The maximum Gasteiger partial charge on any atom is 0.269 e. The number of ether oxygens (including phenoxy) is 2. The van der Waals surface area contributed by atoms with Gasteiger partial charge in [0.15, 0.2) is 11.5 Å². The molecule has 1 atom stereocenters. The van der Waals surface area contributed by atoms with E-state index in [1.165, 1.54) is 38.2 Å². The minimum Gasteiger partial charge on any atom is -0.493 e. The van der Waals surface area contributed by atoms with Gasteiger partial charge in [-0.3, -0.25) is 24.6 Å². The second-order valence-corrected chi connectivity index (χ2v) is 6.12. The van der Waals surface area contributed by atoms with E-state index in [4.69, 9.17) is 9.47 Å². The molecule has 8 heteroatoms. The third-order valence-corrected chi connectivity index (χ3v) is 4.57. The van der Waals surface area contributed by atoms with Crippen molar-refractivity contribution in [2.75, 3.05) is 14.2 Å². The number of imide groups is 1. The molecule has 0 N–H and O–H groups in total. The van der Waals surface area contributed by atoms with Gasteiger partial charge in [0.1, 0.15) is 0 Å². The second kappa shape index (κ2) is 7.06. The predicted molar refractivity (Wildman–Crippen MR) is 95.7 cm³/mol. The zero-order valence-corrected chi connectivity index (χ0v) is 15.1. The van der Waals surface area contributed by atoms with Gasteiger partial charge >= 0.3 is 0 Å². The van der Waals surface area contributed by atoms with Crippen LogP contribution in [0.5, 0.6) is 11.5 Å². The zero-order valence-electron chi connectivity index (χ0n) is 15.1. The Morgan fingerprint density at radius 2 is 1.74 bits per heavy atom. The van der Waals surface area contributed by atoms with Crippen molar-refractivity contribution in [2.24, 2.45) is 0 Å². The minimum atomic E-state index is -0.695. The standard InChI is InChI=1S/C19H18N2O6/c1-11(22)20-18(23)9-13-8-16(26-2)17(27-3)10-15(13)19(20)12-4-6-14(7-5-12)21(24)25/h4-8,10,19H,9H2,1-3H3. The van der Waals surface area contributed by atoms with E-state index in [9.17, 15) is 19.7 Å². The van der Waals surface area contributed by atoms with Crippen LogP contribution in [0.4, 0.5) is 5.69 Å². The number of amides is 2. The van der Waals surface area contributed by atoms with Gasteiger partial charge in [0, 0.05) is 19.1 Å². The van der Waals surface area contributed by atoms with Crippen molar-refractivity contribution in [2.45, 2.75) is 19.4 Å². The Kier molecular flexibility index (Phi) is 4.81. The van der Waals surface area contributed by atoms with Gasteiger partial charge in [-0.15, -0.1) is 0 Å². The van der Waals surface area contributed by atoms with Gasteiger partial charge in [-0.2, -0.15) is 0 Å². The van der Waals surface area contributed by atoms with Crippen LogP contribution in [0, 0.1) is 10.1 Å². The number of nitro benzene ring substituents is 1. The Hall–Kier alpha value is -3.42. The smallest absolute Gasteiger partial charge is 0.269 e. The summed E-state index contributed by atoms with van der Waals surface area (Å²) >= 11 is 0. The van der Waals surface area contributed by atoms with Gasteiger partial charge in [-0.25, -0.2) is 0 Å². The van der Waals surface area contributed by atoms with Crippen LogP contribution in [-0.4, -0.2) is 35.9 Å². The first-order valence-corrected chi connectivity index (χ1v) is 8.19. The van der Waals surface area contributed by atoms with Crippen molar-refractivity contribution in [3.63, 3.8) is 0 Å². The molecule has 0 bridgehead atoms. The Bertz CT molecular complexity index is 923. The van der Waals surface area contributed by atoms with Gasteiger partial charge in [-0.05, 0) is 41.0 Å². The van der Waals surface area contributed by atoms with Crippen molar-refractivity contribution in [1.29, 1.82) is 0 Å². The van der Waals surface area contributed by atoms with Crippen molar-refractivity contribution in [1.82, 2.24) is 4.90 Å². The molecule has 1 heterocycles. The Morgan fingerprint density at radius 1 is 1.15 bits per heavy atom. The zero-order chi connectivity index (χ0) is 19.7. The highest BCUT2D eigenvalue weighted by atomic mass is 16.6. The number of methoxy groups -OCH3 is 2. The lowest BCUT2D eigenvalue weighted by Gasteiger charge is -2.36. The summed E-state index contributed by atoms with van der Waals surface area (Å²) in [6.07, 6.45) is 0.0543. The fourth-order valence-corrected chi connectivity index (χ4v) is 3.34. The van der Waals surface area contributed by atoms with Gasteiger partial charge in [0.2, 0.25) is 11.8 Å². The van der Waals surface area contributed by atoms with Gasteiger partial charge in [-0.1, -0.05) is 0 Å². The number of fused-ring (bicyclic) bond motifs is 1. The maximum absolute atomic E-state index is 12.6. The van der Waals surface area contributed by atoms with Crippen molar-refractivity contribution in [3.05, 3.63) is 63.2 Å². The largest absolute Gasteiger partial charge is 0.493 e. The topological polar surface area (TPSA) is 99.0 Å². The number of non-ortho nitro benzene ring substituents is 1. The molecule has 0 fully saturated rings. The van der Waals surface area contributed by atoms with E-state index >= 15 is 0 Å². The van der Waals surface area contributed by atoms with Crippen LogP contribution in [0.2, 0.25) is 0 Å². The molecule has 2 aromatic rings. The molecule has 1 aliphatic heterocycles. The monoisotopic (exact) mass is 370 g/mol. The van der Waals surface area contributed by atoms with E-state index in [1.807, 2.05) is 0 Å². The van der Waals surface area contributed by atoms with Crippen molar-refractivity contribution in [3.8, 4) is 11.5 Å². The molecule has 0 aromatic heterocycles. The van der Waals surface area contributed by atoms with E-state index in [0.717, 1.165) is 11.1 Å². The summed E-state index contributed by atoms with van der Waals surface area (Å²) in [5, 5.41) is 10.9. The minimum absolute atomic E-state index is 0.0543. The number of carbonyl (C=O) groups excluding carboxylic acids is 2. The van der Waals surface area contributed by atoms with Crippen LogP contribution >= 0.6 is 0 Å².